The normalized spacial score (nSPS) is 10.9. The third kappa shape index (κ3) is 5.30. The van der Waals surface area contributed by atoms with E-state index in [1.165, 1.54) is 32.2 Å². The minimum Gasteiger partial charge on any atom is -0.495 e. The highest BCUT2D eigenvalue weighted by Gasteiger charge is 2.17. The lowest BCUT2D eigenvalue weighted by Gasteiger charge is -2.13. The fraction of sp³-hybridized carbons (Fsp3) is 0.136. The zero-order valence-corrected chi connectivity index (χ0v) is 17.6. The molecule has 0 atom stereocenters. The van der Waals surface area contributed by atoms with Crippen LogP contribution in [-0.4, -0.2) is 21.4 Å². The molecule has 8 heteroatoms. The van der Waals surface area contributed by atoms with Crippen LogP contribution in [0.25, 0.3) is 0 Å². The number of nitrogens with one attached hydrogen (secondary N) is 2. The molecule has 3 rings (SSSR count). The van der Waals surface area contributed by atoms with Gasteiger partial charge in [-0.05, 0) is 61.5 Å². The van der Waals surface area contributed by atoms with Gasteiger partial charge in [0.15, 0.2) is 0 Å². The van der Waals surface area contributed by atoms with Gasteiger partial charge in [-0.2, -0.15) is 0 Å². The number of amides is 1. The van der Waals surface area contributed by atoms with Crippen LogP contribution in [0, 0.1) is 6.92 Å². The molecule has 156 valence electrons. The molecule has 0 saturated heterocycles. The van der Waals surface area contributed by atoms with Gasteiger partial charge in [-0.3, -0.25) is 9.52 Å². The van der Waals surface area contributed by atoms with E-state index in [2.05, 4.69) is 10.0 Å². The summed E-state index contributed by atoms with van der Waals surface area (Å²) < 4.78 is 38.9. The van der Waals surface area contributed by atoms with Gasteiger partial charge in [-0.25, -0.2) is 8.42 Å². The first-order valence-corrected chi connectivity index (χ1v) is 10.6. The van der Waals surface area contributed by atoms with Crippen LogP contribution in [0.4, 0.5) is 11.4 Å². The molecule has 0 heterocycles. The number of hydrogen-bond donors (Lipinski definition) is 2. The van der Waals surface area contributed by atoms with Gasteiger partial charge in [0.1, 0.15) is 17.2 Å². The van der Waals surface area contributed by atoms with Gasteiger partial charge in [-0.15, -0.1) is 0 Å². The summed E-state index contributed by atoms with van der Waals surface area (Å²) in [4.78, 5) is 11.4. The Morgan fingerprint density at radius 1 is 0.900 bits per heavy atom. The fourth-order valence-corrected chi connectivity index (χ4v) is 3.77. The quantitative estimate of drug-likeness (QED) is 0.578. The molecule has 0 spiro atoms. The lowest BCUT2D eigenvalue weighted by atomic mass is 10.2. The van der Waals surface area contributed by atoms with Crippen LogP contribution in [0.2, 0.25) is 0 Å². The van der Waals surface area contributed by atoms with Crippen LogP contribution in [0.5, 0.6) is 17.2 Å². The molecule has 3 aromatic rings. The van der Waals surface area contributed by atoms with Crippen LogP contribution >= 0.6 is 0 Å². The van der Waals surface area contributed by atoms with Crippen LogP contribution < -0.4 is 19.5 Å². The summed E-state index contributed by atoms with van der Waals surface area (Å²) in [5, 5.41) is 2.56. The van der Waals surface area contributed by atoms with Crippen molar-refractivity contribution in [3.63, 3.8) is 0 Å². The van der Waals surface area contributed by atoms with E-state index in [1.54, 1.807) is 24.3 Å². The Kier molecular flexibility index (Phi) is 6.27. The molecular weight excluding hydrogens is 404 g/mol. The number of benzene rings is 3. The first kappa shape index (κ1) is 21.2. The molecule has 2 N–H and O–H groups in total. The third-order valence-electron chi connectivity index (χ3n) is 4.16. The van der Waals surface area contributed by atoms with Gasteiger partial charge in [-0.1, -0.05) is 17.7 Å². The van der Waals surface area contributed by atoms with E-state index in [0.717, 1.165) is 5.56 Å². The predicted molar refractivity (Wildman–Crippen MR) is 116 cm³/mol. The molecule has 1 amide bonds. The SMILES string of the molecule is COc1ccc(S(=O)(=O)Nc2ccc(Oc3ccc(C)cc3)cc2)cc1NC(C)=O. The second-order valence-corrected chi connectivity index (χ2v) is 8.27. The smallest absolute Gasteiger partial charge is 0.261 e. The minimum atomic E-state index is -3.87. The Labute approximate surface area is 175 Å². The number of anilines is 2. The highest BCUT2D eigenvalue weighted by atomic mass is 32.2. The monoisotopic (exact) mass is 426 g/mol. The van der Waals surface area contributed by atoms with E-state index in [1.807, 2.05) is 31.2 Å². The Morgan fingerprint density at radius 2 is 1.50 bits per heavy atom. The molecule has 0 aliphatic rings. The van der Waals surface area contributed by atoms with E-state index >= 15 is 0 Å². The lowest BCUT2D eigenvalue weighted by molar-refractivity contribution is -0.114. The number of sulfonamides is 1. The molecule has 0 unspecified atom stereocenters. The molecule has 0 fully saturated rings. The number of carbonyl (C=O) groups is 1. The van der Waals surface area contributed by atoms with Gasteiger partial charge in [0.25, 0.3) is 10.0 Å². The highest BCUT2D eigenvalue weighted by molar-refractivity contribution is 7.92. The second-order valence-electron chi connectivity index (χ2n) is 6.59. The largest absolute Gasteiger partial charge is 0.495 e. The molecular formula is C22H22N2O5S. The zero-order valence-electron chi connectivity index (χ0n) is 16.8. The lowest BCUT2D eigenvalue weighted by Crippen LogP contribution is -2.14. The van der Waals surface area contributed by atoms with Crippen molar-refractivity contribution in [1.82, 2.24) is 0 Å². The molecule has 7 nitrogen and oxygen atoms in total. The Morgan fingerprint density at radius 3 is 2.07 bits per heavy atom. The maximum atomic E-state index is 12.8. The number of hydrogen-bond acceptors (Lipinski definition) is 5. The standard InChI is InChI=1S/C22H22N2O5S/c1-15-4-8-18(9-5-15)29-19-10-6-17(7-11-19)24-30(26,27)20-12-13-22(28-3)21(14-20)23-16(2)25/h4-14,24H,1-3H3,(H,23,25). The van der Waals surface area contributed by atoms with Crippen molar-refractivity contribution >= 4 is 27.3 Å². The maximum absolute atomic E-state index is 12.8. The number of aryl methyl sites for hydroxylation is 1. The first-order chi connectivity index (χ1) is 14.3. The summed E-state index contributed by atoms with van der Waals surface area (Å²) in [7, 11) is -2.43. The minimum absolute atomic E-state index is 0.00738. The van der Waals surface area contributed by atoms with E-state index in [4.69, 9.17) is 9.47 Å². The number of rotatable bonds is 7. The third-order valence-corrected chi connectivity index (χ3v) is 5.53. The highest BCUT2D eigenvalue weighted by Crippen LogP contribution is 2.29. The number of methoxy groups -OCH3 is 1. The van der Waals surface area contributed by atoms with Crippen LogP contribution in [0.3, 0.4) is 0 Å². The van der Waals surface area contributed by atoms with Crippen LogP contribution in [0.15, 0.2) is 71.6 Å². The molecule has 0 aliphatic heterocycles. The zero-order chi connectivity index (χ0) is 21.7. The summed E-state index contributed by atoms with van der Waals surface area (Å²) in [5.74, 6) is 1.30. The van der Waals surface area contributed by atoms with Crippen molar-refractivity contribution in [3.05, 3.63) is 72.3 Å². The van der Waals surface area contributed by atoms with Gasteiger partial charge >= 0.3 is 0 Å². The molecule has 0 aromatic heterocycles. The first-order valence-electron chi connectivity index (χ1n) is 9.10. The van der Waals surface area contributed by atoms with Crippen molar-refractivity contribution < 1.29 is 22.7 Å². The van der Waals surface area contributed by atoms with Crippen molar-refractivity contribution in [2.24, 2.45) is 0 Å². The number of ether oxygens (including phenoxy) is 2. The Bertz CT molecular complexity index is 1140. The van der Waals surface area contributed by atoms with Crippen molar-refractivity contribution in [1.29, 1.82) is 0 Å². The molecule has 0 bridgehead atoms. The average Bonchev–Trinajstić information content (AvgIpc) is 2.70. The van der Waals surface area contributed by atoms with Gasteiger partial charge in [0.05, 0.1) is 17.7 Å². The summed E-state index contributed by atoms with van der Waals surface area (Å²) in [6.07, 6.45) is 0. The van der Waals surface area contributed by atoms with Gasteiger partial charge in [0, 0.05) is 12.6 Å². The van der Waals surface area contributed by atoms with Crippen molar-refractivity contribution in [2.75, 3.05) is 17.1 Å². The van der Waals surface area contributed by atoms with E-state index in [0.29, 0.717) is 22.9 Å². The summed E-state index contributed by atoms with van der Waals surface area (Å²) in [5.41, 5.74) is 1.78. The second kappa shape index (κ2) is 8.87. The molecule has 0 saturated carbocycles. The molecule has 3 aromatic carbocycles. The molecule has 0 aliphatic carbocycles. The molecule has 0 radical (unpaired) electrons. The van der Waals surface area contributed by atoms with E-state index in [-0.39, 0.29) is 16.5 Å². The van der Waals surface area contributed by atoms with Crippen LogP contribution in [0.1, 0.15) is 12.5 Å². The van der Waals surface area contributed by atoms with E-state index in [9.17, 15) is 13.2 Å². The van der Waals surface area contributed by atoms with Gasteiger partial charge in [0.2, 0.25) is 5.91 Å². The van der Waals surface area contributed by atoms with Crippen molar-refractivity contribution in [2.45, 2.75) is 18.7 Å². The topological polar surface area (TPSA) is 93.7 Å². The van der Waals surface area contributed by atoms with Gasteiger partial charge < -0.3 is 14.8 Å². The summed E-state index contributed by atoms with van der Waals surface area (Å²) in [6.45, 7) is 3.33. The fourth-order valence-electron chi connectivity index (χ4n) is 2.69. The Balaban J connectivity index is 1.76. The molecule has 30 heavy (non-hydrogen) atoms. The number of carbonyl (C=O) groups excluding carboxylic acids is 1. The predicted octanol–water partition coefficient (Wildman–Crippen LogP) is 4.56. The maximum Gasteiger partial charge on any atom is 0.261 e. The summed E-state index contributed by atoms with van der Waals surface area (Å²) in [6, 6.07) is 18.4. The van der Waals surface area contributed by atoms with Crippen LogP contribution in [-0.2, 0) is 14.8 Å². The average molecular weight is 426 g/mol. The van der Waals surface area contributed by atoms with Crippen molar-refractivity contribution in [3.8, 4) is 17.2 Å². The van der Waals surface area contributed by atoms with E-state index < -0.39 is 10.0 Å². The summed E-state index contributed by atoms with van der Waals surface area (Å²) >= 11 is 0. The Hall–Kier alpha value is -3.52.